The zero-order valence-corrected chi connectivity index (χ0v) is 11.4. The van der Waals surface area contributed by atoms with E-state index in [1.165, 1.54) is 5.56 Å². The molecule has 0 bridgehead atoms. The smallest absolute Gasteiger partial charge is 0.163 e. The second-order valence-corrected chi connectivity index (χ2v) is 5.25. The first-order chi connectivity index (χ1) is 9.81. The first kappa shape index (κ1) is 12.9. The molecule has 2 heteroatoms. The number of benzene rings is 2. The number of carbonyl (C=O) groups is 1. The van der Waals surface area contributed by atoms with E-state index < -0.39 is 0 Å². The third kappa shape index (κ3) is 3.47. The molecule has 1 fully saturated rings. The molecule has 0 saturated heterocycles. The second kappa shape index (κ2) is 5.91. The first-order valence-electron chi connectivity index (χ1n) is 7.15. The van der Waals surface area contributed by atoms with E-state index in [0.29, 0.717) is 12.5 Å². The Morgan fingerprint density at radius 3 is 2.60 bits per heavy atom. The molecule has 2 nitrogen and oxygen atoms in total. The van der Waals surface area contributed by atoms with Crippen LogP contribution in [0.5, 0.6) is 5.75 Å². The van der Waals surface area contributed by atoms with Crippen molar-refractivity contribution in [3.63, 3.8) is 0 Å². The van der Waals surface area contributed by atoms with E-state index in [-0.39, 0.29) is 5.78 Å². The molecule has 0 unspecified atom stereocenters. The van der Waals surface area contributed by atoms with Gasteiger partial charge in [-0.15, -0.1) is 0 Å². The highest BCUT2D eigenvalue weighted by Gasteiger charge is 2.23. The summed E-state index contributed by atoms with van der Waals surface area (Å²) in [6, 6.07) is 17.7. The molecule has 3 rings (SSSR count). The van der Waals surface area contributed by atoms with Gasteiger partial charge in [0.05, 0.1) is 6.10 Å². The lowest BCUT2D eigenvalue weighted by Crippen LogP contribution is -2.02. The Balaban J connectivity index is 1.61. The molecule has 0 N–H and O–H groups in total. The molecular weight excluding hydrogens is 248 g/mol. The highest BCUT2D eigenvalue weighted by atomic mass is 16.5. The van der Waals surface area contributed by atoms with Gasteiger partial charge in [0.25, 0.3) is 0 Å². The summed E-state index contributed by atoms with van der Waals surface area (Å²) in [5.41, 5.74) is 1.95. The molecule has 0 aromatic heterocycles. The van der Waals surface area contributed by atoms with Gasteiger partial charge >= 0.3 is 0 Å². The molecule has 20 heavy (non-hydrogen) atoms. The lowest BCUT2D eigenvalue weighted by Gasteiger charge is -2.06. The average molecular weight is 266 g/mol. The largest absolute Gasteiger partial charge is 0.490 e. The molecule has 0 spiro atoms. The first-order valence-corrected chi connectivity index (χ1v) is 7.15. The SMILES string of the molecule is O=C(CCc1ccccc1)c1cccc(OC2CC2)c1. The molecule has 2 aromatic rings. The summed E-state index contributed by atoms with van der Waals surface area (Å²) in [6.07, 6.45) is 3.95. The molecule has 0 heterocycles. The van der Waals surface area contributed by atoms with Crippen LogP contribution in [0.4, 0.5) is 0 Å². The molecule has 0 aliphatic heterocycles. The summed E-state index contributed by atoms with van der Waals surface area (Å²) < 4.78 is 5.73. The zero-order chi connectivity index (χ0) is 13.8. The molecule has 0 atom stereocenters. The van der Waals surface area contributed by atoms with E-state index in [2.05, 4.69) is 12.1 Å². The Kier molecular flexibility index (Phi) is 3.82. The van der Waals surface area contributed by atoms with Crippen LogP contribution in [0.1, 0.15) is 35.2 Å². The van der Waals surface area contributed by atoms with Gasteiger partial charge in [0.15, 0.2) is 5.78 Å². The number of ether oxygens (including phenoxy) is 1. The minimum atomic E-state index is 0.176. The van der Waals surface area contributed by atoms with Gasteiger partial charge in [0.2, 0.25) is 0 Å². The van der Waals surface area contributed by atoms with Gasteiger partial charge in [-0.3, -0.25) is 4.79 Å². The monoisotopic (exact) mass is 266 g/mol. The van der Waals surface area contributed by atoms with Gasteiger partial charge in [-0.2, -0.15) is 0 Å². The number of hydrogen-bond donors (Lipinski definition) is 0. The van der Waals surface area contributed by atoms with Gasteiger partial charge in [-0.25, -0.2) is 0 Å². The lowest BCUT2D eigenvalue weighted by molar-refractivity contribution is 0.0982. The molecule has 1 aliphatic rings. The fourth-order valence-electron chi connectivity index (χ4n) is 2.17. The predicted molar refractivity (Wildman–Crippen MR) is 79.2 cm³/mol. The molecule has 2 aromatic carbocycles. The summed E-state index contributed by atoms with van der Waals surface area (Å²) in [5.74, 6) is 0.994. The number of Topliss-reactive ketones (excluding diaryl/α,β-unsaturated/α-hetero) is 1. The zero-order valence-electron chi connectivity index (χ0n) is 11.4. The van der Waals surface area contributed by atoms with Crippen LogP contribution in [0.25, 0.3) is 0 Å². The van der Waals surface area contributed by atoms with Crippen molar-refractivity contribution in [1.82, 2.24) is 0 Å². The van der Waals surface area contributed by atoms with E-state index in [0.717, 1.165) is 30.6 Å². The van der Waals surface area contributed by atoms with Gasteiger partial charge in [-0.05, 0) is 37.0 Å². The van der Waals surface area contributed by atoms with Crippen molar-refractivity contribution >= 4 is 5.78 Å². The lowest BCUT2D eigenvalue weighted by atomic mass is 10.0. The number of ketones is 1. The quantitative estimate of drug-likeness (QED) is 0.737. The van der Waals surface area contributed by atoms with Crippen molar-refractivity contribution in [2.75, 3.05) is 0 Å². The minimum absolute atomic E-state index is 0.176. The maximum atomic E-state index is 12.2. The van der Waals surface area contributed by atoms with Crippen LogP contribution in [-0.4, -0.2) is 11.9 Å². The number of hydrogen-bond acceptors (Lipinski definition) is 2. The number of rotatable bonds is 6. The van der Waals surface area contributed by atoms with E-state index in [4.69, 9.17) is 4.74 Å². The molecule has 0 radical (unpaired) electrons. The standard InChI is InChI=1S/C18H18O2/c19-18(12-9-14-5-2-1-3-6-14)15-7-4-8-17(13-15)20-16-10-11-16/h1-8,13,16H,9-12H2. The van der Waals surface area contributed by atoms with Crippen LogP contribution in [-0.2, 0) is 6.42 Å². The molecular formula is C18H18O2. The Hall–Kier alpha value is -2.09. The summed E-state index contributed by atoms with van der Waals surface area (Å²) in [7, 11) is 0. The van der Waals surface area contributed by atoms with Crippen LogP contribution < -0.4 is 4.74 Å². The maximum Gasteiger partial charge on any atom is 0.163 e. The predicted octanol–water partition coefficient (Wildman–Crippen LogP) is 4.04. The third-order valence-corrected chi connectivity index (χ3v) is 3.47. The van der Waals surface area contributed by atoms with Crippen molar-refractivity contribution in [3.8, 4) is 5.75 Å². The van der Waals surface area contributed by atoms with E-state index in [1.54, 1.807) is 0 Å². The molecule has 102 valence electrons. The van der Waals surface area contributed by atoms with Crippen molar-refractivity contribution in [2.45, 2.75) is 31.8 Å². The van der Waals surface area contributed by atoms with E-state index >= 15 is 0 Å². The Morgan fingerprint density at radius 1 is 1.05 bits per heavy atom. The van der Waals surface area contributed by atoms with E-state index in [9.17, 15) is 4.79 Å². The van der Waals surface area contributed by atoms with Gasteiger partial charge < -0.3 is 4.74 Å². The summed E-state index contributed by atoms with van der Waals surface area (Å²) in [5, 5.41) is 0. The minimum Gasteiger partial charge on any atom is -0.490 e. The number of aryl methyl sites for hydroxylation is 1. The summed E-state index contributed by atoms with van der Waals surface area (Å²) in [6.45, 7) is 0. The number of carbonyl (C=O) groups excluding carboxylic acids is 1. The average Bonchev–Trinajstić information content (AvgIpc) is 3.30. The van der Waals surface area contributed by atoms with Crippen LogP contribution in [0.15, 0.2) is 54.6 Å². The Morgan fingerprint density at radius 2 is 1.85 bits per heavy atom. The van der Waals surface area contributed by atoms with Crippen molar-refractivity contribution in [2.24, 2.45) is 0 Å². The van der Waals surface area contributed by atoms with Crippen LogP contribution in [0.2, 0.25) is 0 Å². The van der Waals surface area contributed by atoms with Crippen LogP contribution >= 0.6 is 0 Å². The summed E-state index contributed by atoms with van der Waals surface area (Å²) >= 11 is 0. The fraction of sp³-hybridized carbons (Fsp3) is 0.278. The van der Waals surface area contributed by atoms with E-state index in [1.807, 2.05) is 42.5 Å². The molecule has 1 saturated carbocycles. The highest BCUT2D eigenvalue weighted by molar-refractivity contribution is 5.96. The fourth-order valence-corrected chi connectivity index (χ4v) is 2.17. The highest BCUT2D eigenvalue weighted by Crippen LogP contribution is 2.27. The normalized spacial score (nSPS) is 14.0. The topological polar surface area (TPSA) is 26.3 Å². The van der Waals surface area contributed by atoms with Crippen LogP contribution in [0, 0.1) is 0 Å². The van der Waals surface area contributed by atoms with Gasteiger partial charge in [0, 0.05) is 12.0 Å². The van der Waals surface area contributed by atoms with Crippen LogP contribution in [0.3, 0.4) is 0 Å². The van der Waals surface area contributed by atoms with Gasteiger partial charge in [0.1, 0.15) is 5.75 Å². The van der Waals surface area contributed by atoms with Crippen molar-refractivity contribution in [3.05, 3.63) is 65.7 Å². The molecule has 1 aliphatic carbocycles. The molecule has 0 amide bonds. The van der Waals surface area contributed by atoms with Crippen molar-refractivity contribution in [1.29, 1.82) is 0 Å². The van der Waals surface area contributed by atoms with Gasteiger partial charge in [-0.1, -0.05) is 42.5 Å². The Bertz CT molecular complexity index is 585. The Labute approximate surface area is 119 Å². The third-order valence-electron chi connectivity index (χ3n) is 3.47. The summed E-state index contributed by atoms with van der Waals surface area (Å²) in [4.78, 5) is 12.2. The maximum absolute atomic E-state index is 12.2. The van der Waals surface area contributed by atoms with Crippen molar-refractivity contribution < 1.29 is 9.53 Å². The second-order valence-electron chi connectivity index (χ2n) is 5.25.